The summed E-state index contributed by atoms with van der Waals surface area (Å²) in [4.78, 5) is 36.3. The van der Waals surface area contributed by atoms with Gasteiger partial charge in [-0.25, -0.2) is 0 Å². The van der Waals surface area contributed by atoms with E-state index in [0.717, 1.165) is 35.2 Å². The van der Waals surface area contributed by atoms with Crippen LogP contribution in [-0.4, -0.2) is 28.0 Å². The Morgan fingerprint density at radius 1 is 0.774 bits per heavy atom. The molecule has 2 heterocycles. The average Bonchev–Trinajstić information content (AvgIpc) is 2.79. The lowest BCUT2D eigenvalue weighted by atomic mass is 9.94. The second kappa shape index (κ2) is 7.36. The van der Waals surface area contributed by atoms with Crippen molar-refractivity contribution in [2.45, 2.75) is 26.8 Å². The average molecular weight is 412 g/mol. The van der Waals surface area contributed by atoms with Crippen molar-refractivity contribution >= 4 is 43.6 Å². The van der Waals surface area contributed by atoms with Crippen LogP contribution in [0.15, 0.2) is 64.2 Å². The minimum atomic E-state index is -0.0414. The van der Waals surface area contributed by atoms with Gasteiger partial charge in [0, 0.05) is 38.8 Å². The van der Waals surface area contributed by atoms with Gasteiger partial charge < -0.3 is 9.97 Å². The van der Waals surface area contributed by atoms with Gasteiger partial charge in [0.25, 0.3) is 0 Å². The van der Waals surface area contributed by atoms with Gasteiger partial charge >= 0.3 is 0 Å². The molecule has 0 amide bonds. The van der Waals surface area contributed by atoms with Gasteiger partial charge in [-0.1, -0.05) is 38.1 Å². The van der Waals surface area contributed by atoms with Crippen molar-refractivity contribution in [2.75, 3.05) is 13.1 Å². The number of rotatable bonds is 4. The van der Waals surface area contributed by atoms with E-state index < -0.39 is 0 Å². The van der Waals surface area contributed by atoms with E-state index in [1.165, 1.54) is 0 Å². The largest absolute Gasteiger partial charge is 0.354 e. The Bertz CT molecular complexity index is 1580. The maximum atomic E-state index is 13.7. The third-order valence-electron chi connectivity index (χ3n) is 6.49. The molecule has 0 spiro atoms. The SMILES string of the molecule is CCN(CC)C(C)c1c2[nH]c3ccccc3c(=O)c2cc2[nH]c3ccccc3c(=O)c12. The van der Waals surface area contributed by atoms with Gasteiger partial charge in [-0.15, -0.1) is 0 Å². The van der Waals surface area contributed by atoms with Gasteiger partial charge in [-0.3, -0.25) is 14.5 Å². The Hall–Kier alpha value is -3.44. The number of pyridine rings is 2. The van der Waals surface area contributed by atoms with Gasteiger partial charge in [-0.2, -0.15) is 0 Å². The zero-order valence-electron chi connectivity index (χ0n) is 18.0. The van der Waals surface area contributed by atoms with Crippen LogP contribution in [0.2, 0.25) is 0 Å². The third-order valence-corrected chi connectivity index (χ3v) is 6.49. The summed E-state index contributed by atoms with van der Waals surface area (Å²) in [5.74, 6) is 0. The number of hydrogen-bond acceptors (Lipinski definition) is 3. The lowest BCUT2D eigenvalue weighted by Gasteiger charge is -2.28. The van der Waals surface area contributed by atoms with Gasteiger partial charge in [0.05, 0.1) is 16.4 Å². The predicted molar refractivity (Wildman–Crippen MR) is 129 cm³/mol. The van der Waals surface area contributed by atoms with Crippen molar-refractivity contribution in [3.8, 4) is 0 Å². The van der Waals surface area contributed by atoms with E-state index in [2.05, 4.69) is 35.6 Å². The monoisotopic (exact) mass is 411 g/mol. The molecule has 0 saturated carbocycles. The summed E-state index contributed by atoms with van der Waals surface area (Å²) in [6.45, 7) is 8.04. The fourth-order valence-corrected chi connectivity index (χ4v) is 4.87. The van der Waals surface area contributed by atoms with E-state index in [4.69, 9.17) is 0 Å². The van der Waals surface area contributed by atoms with Crippen molar-refractivity contribution in [3.63, 3.8) is 0 Å². The molecule has 3 aromatic carbocycles. The fraction of sp³-hybridized carbons (Fsp3) is 0.231. The topological polar surface area (TPSA) is 69.0 Å². The molecular weight excluding hydrogens is 386 g/mol. The number of hydrogen-bond donors (Lipinski definition) is 2. The number of aromatic nitrogens is 2. The van der Waals surface area contributed by atoms with Gasteiger partial charge in [0.2, 0.25) is 0 Å². The van der Waals surface area contributed by atoms with Crippen LogP contribution < -0.4 is 10.9 Å². The van der Waals surface area contributed by atoms with E-state index in [0.29, 0.717) is 27.1 Å². The normalized spacial score (nSPS) is 13.0. The van der Waals surface area contributed by atoms with E-state index in [1.54, 1.807) is 0 Å². The minimum Gasteiger partial charge on any atom is -0.354 e. The van der Waals surface area contributed by atoms with Gasteiger partial charge in [0.1, 0.15) is 0 Å². The van der Waals surface area contributed by atoms with E-state index in [-0.39, 0.29) is 16.9 Å². The highest BCUT2D eigenvalue weighted by molar-refractivity contribution is 6.06. The highest BCUT2D eigenvalue weighted by atomic mass is 16.1. The first kappa shape index (κ1) is 19.5. The minimum absolute atomic E-state index is 0.00531. The second-order valence-corrected chi connectivity index (χ2v) is 8.03. The van der Waals surface area contributed by atoms with E-state index in [1.807, 2.05) is 54.6 Å². The predicted octanol–water partition coefficient (Wildman–Crippen LogP) is 5.08. The van der Waals surface area contributed by atoms with Crippen molar-refractivity contribution in [1.82, 2.24) is 14.9 Å². The molecule has 5 heteroatoms. The molecule has 156 valence electrons. The highest BCUT2D eigenvalue weighted by Crippen LogP contribution is 2.33. The summed E-state index contributed by atoms with van der Waals surface area (Å²) in [5.41, 5.74) is 3.86. The molecule has 0 aliphatic heterocycles. The van der Waals surface area contributed by atoms with Crippen LogP contribution in [0.5, 0.6) is 0 Å². The molecular formula is C26H25N3O2. The molecule has 2 N–H and O–H groups in total. The maximum Gasteiger partial charge on any atom is 0.197 e. The van der Waals surface area contributed by atoms with Crippen LogP contribution in [-0.2, 0) is 0 Å². The van der Waals surface area contributed by atoms with Crippen molar-refractivity contribution in [2.24, 2.45) is 0 Å². The molecule has 5 aromatic rings. The van der Waals surface area contributed by atoms with Crippen molar-refractivity contribution < 1.29 is 0 Å². The summed E-state index contributed by atoms with van der Waals surface area (Å²) in [7, 11) is 0. The molecule has 0 aliphatic carbocycles. The van der Waals surface area contributed by atoms with Crippen molar-refractivity contribution in [1.29, 1.82) is 0 Å². The number of fused-ring (bicyclic) bond motifs is 4. The van der Waals surface area contributed by atoms with Crippen LogP contribution >= 0.6 is 0 Å². The quantitative estimate of drug-likeness (QED) is 0.405. The summed E-state index contributed by atoms with van der Waals surface area (Å²) >= 11 is 0. The Morgan fingerprint density at radius 2 is 1.35 bits per heavy atom. The number of nitrogens with zero attached hydrogens (tertiary/aromatic N) is 1. The summed E-state index contributed by atoms with van der Waals surface area (Å²) < 4.78 is 0. The number of benzene rings is 3. The number of aromatic amines is 2. The zero-order valence-corrected chi connectivity index (χ0v) is 18.0. The molecule has 1 unspecified atom stereocenters. The Labute approximate surface area is 179 Å². The van der Waals surface area contributed by atoms with Crippen LogP contribution in [0, 0.1) is 0 Å². The Kier molecular flexibility index (Phi) is 4.63. The molecule has 0 saturated heterocycles. The number of H-pyrrole nitrogens is 2. The fourth-order valence-electron chi connectivity index (χ4n) is 4.87. The smallest absolute Gasteiger partial charge is 0.197 e. The van der Waals surface area contributed by atoms with Gasteiger partial charge in [-0.05, 0) is 50.3 Å². The number of para-hydroxylation sites is 2. The lowest BCUT2D eigenvalue weighted by molar-refractivity contribution is 0.236. The summed E-state index contributed by atoms with van der Waals surface area (Å²) in [6, 6.07) is 16.9. The first-order chi connectivity index (χ1) is 15.0. The van der Waals surface area contributed by atoms with Crippen molar-refractivity contribution in [3.05, 3.63) is 80.6 Å². The molecule has 0 radical (unpaired) electrons. The zero-order chi connectivity index (χ0) is 21.7. The summed E-state index contributed by atoms with van der Waals surface area (Å²) in [5, 5.41) is 2.56. The lowest BCUT2D eigenvalue weighted by Crippen LogP contribution is -2.28. The van der Waals surface area contributed by atoms with Crippen LogP contribution in [0.1, 0.15) is 32.4 Å². The first-order valence-electron chi connectivity index (χ1n) is 10.8. The Morgan fingerprint density at radius 3 is 2.00 bits per heavy atom. The molecule has 2 aromatic heterocycles. The molecule has 0 aliphatic rings. The molecule has 5 rings (SSSR count). The highest BCUT2D eigenvalue weighted by Gasteiger charge is 2.23. The van der Waals surface area contributed by atoms with E-state index >= 15 is 0 Å². The molecule has 0 fully saturated rings. The van der Waals surface area contributed by atoms with E-state index in [9.17, 15) is 9.59 Å². The van der Waals surface area contributed by atoms with Crippen LogP contribution in [0.25, 0.3) is 43.6 Å². The van der Waals surface area contributed by atoms with Crippen LogP contribution in [0.4, 0.5) is 0 Å². The summed E-state index contributed by atoms with van der Waals surface area (Å²) in [6.07, 6.45) is 0. The number of nitrogens with one attached hydrogen (secondary N) is 2. The Balaban J connectivity index is 2.06. The standard InChI is InChI=1S/C26H25N3O2/c1-4-29(5-2)15(3)22-23-21(27-19-12-8-7-11-17(19)26(23)31)14-18-24(22)28-20-13-9-6-10-16(20)25(18)30/h6-15H,4-5H2,1-3H3,(H,27,31)(H,28,30). The molecule has 31 heavy (non-hydrogen) atoms. The second-order valence-electron chi connectivity index (χ2n) is 8.03. The van der Waals surface area contributed by atoms with Gasteiger partial charge in [0.15, 0.2) is 10.9 Å². The maximum absolute atomic E-state index is 13.7. The first-order valence-corrected chi connectivity index (χ1v) is 10.8. The third kappa shape index (κ3) is 2.88. The van der Waals surface area contributed by atoms with Crippen LogP contribution in [0.3, 0.4) is 0 Å². The molecule has 1 atom stereocenters. The molecule has 0 bridgehead atoms. The molecule has 5 nitrogen and oxygen atoms in total.